The van der Waals surface area contributed by atoms with Crippen molar-refractivity contribution < 1.29 is 13.2 Å². The minimum absolute atomic E-state index is 0.357. The Bertz CT molecular complexity index is 359. The molecule has 7 heteroatoms. The molecule has 2 N–H and O–H groups in total. The number of alkyl halides is 3. The summed E-state index contributed by atoms with van der Waals surface area (Å²) < 4.78 is 38.9. The van der Waals surface area contributed by atoms with Gasteiger partial charge in [0.25, 0.3) is 0 Å². The highest BCUT2D eigenvalue weighted by atomic mass is 19.4. The van der Waals surface area contributed by atoms with E-state index in [1.54, 1.807) is 0 Å². The molecular weight excluding hydrogens is 233 g/mol. The van der Waals surface area contributed by atoms with Crippen LogP contribution in [0.25, 0.3) is 0 Å². The molecule has 98 valence electrons. The lowest BCUT2D eigenvalue weighted by molar-refractivity contribution is -0.166. The molecule has 0 amide bonds. The number of rotatable bonds is 5. The Morgan fingerprint density at radius 1 is 1.35 bits per heavy atom. The topological polar surface area (TPSA) is 56.7 Å². The van der Waals surface area contributed by atoms with Gasteiger partial charge in [0.2, 0.25) is 0 Å². The zero-order valence-corrected chi connectivity index (χ0v) is 9.96. The fraction of sp³-hybridized carbons (Fsp3) is 0.800. The third-order valence-electron chi connectivity index (χ3n) is 2.58. The lowest BCUT2D eigenvalue weighted by Crippen LogP contribution is -2.26. The number of hydrogen-bond donors (Lipinski definition) is 1. The maximum Gasteiger partial charge on any atom is 0.410 e. The van der Waals surface area contributed by atoms with E-state index in [9.17, 15) is 13.2 Å². The first kappa shape index (κ1) is 14.0. The fourth-order valence-electron chi connectivity index (χ4n) is 1.62. The van der Waals surface area contributed by atoms with Gasteiger partial charge in [0.15, 0.2) is 0 Å². The summed E-state index contributed by atoms with van der Waals surface area (Å²) in [7, 11) is 0. The summed E-state index contributed by atoms with van der Waals surface area (Å²) >= 11 is 0. The van der Waals surface area contributed by atoms with E-state index in [2.05, 4.69) is 10.3 Å². The minimum atomic E-state index is -4.31. The zero-order valence-electron chi connectivity index (χ0n) is 9.96. The Kier molecular flexibility index (Phi) is 4.50. The van der Waals surface area contributed by atoms with Gasteiger partial charge in [-0.3, -0.25) is 0 Å². The Labute approximate surface area is 98.0 Å². The van der Waals surface area contributed by atoms with Crippen LogP contribution in [0.2, 0.25) is 0 Å². The average Bonchev–Trinajstić information content (AvgIpc) is 2.61. The van der Waals surface area contributed by atoms with E-state index in [-0.39, 0.29) is 0 Å². The van der Waals surface area contributed by atoms with Gasteiger partial charge in [-0.05, 0) is 19.9 Å². The van der Waals surface area contributed by atoms with E-state index in [0.717, 1.165) is 18.0 Å². The van der Waals surface area contributed by atoms with E-state index in [1.807, 2.05) is 6.92 Å². The monoisotopic (exact) mass is 250 g/mol. The molecule has 4 nitrogen and oxygen atoms in total. The summed E-state index contributed by atoms with van der Waals surface area (Å²) in [5.74, 6) is 0. The van der Waals surface area contributed by atoms with Crippen molar-refractivity contribution in [1.29, 1.82) is 0 Å². The molecule has 1 heterocycles. The van der Waals surface area contributed by atoms with Gasteiger partial charge in [0.05, 0.1) is 11.4 Å². The summed E-state index contributed by atoms with van der Waals surface area (Å²) in [4.78, 5) is 0. The van der Waals surface area contributed by atoms with Gasteiger partial charge in [-0.2, -0.15) is 13.2 Å². The quantitative estimate of drug-likeness (QED) is 0.867. The molecule has 1 aromatic heterocycles. The summed E-state index contributed by atoms with van der Waals surface area (Å²) in [6, 6.07) is -1.65. The van der Waals surface area contributed by atoms with E-state index in [1.165, 1.54) is 0 Å². The minimum Gasteiger partial charge on any atom is -0.330 e. The second-order valence-electron chi connectivity index (χ2n) is 3.93. The van der Waals surface area contributed by atoms with E-state index >= 15 is 0 Å². The van der Waals surface area contributed by atoms with Crippen molar-refractivity contribution in [2.24, 2.45) is 5.73 Å². The Morgan fingerprint density at radius 3 is 2.47 bits per heavy atom. The van der Waals surface area contributed by atoms with Crippen LogP contribution < -0.4 is 5.73 Å². The van der Waals surface area contributed by atoms with Crippen molar-refractivity contribution >= 4 is 0 Å². The molecule has 17 heavy (non-hydrogen) atoms. The van der Waals surface area contributed by atoms with Gasteiger partial charge in [-0.15, -0.1) is 5.10 Å². The van der Waals surface area contributed by atoms with E-state index < -0.39 is 12.2 Å². The smallest absolute Gasteiger partial charge is 0.330 e. The molecule has 0 fully saturated rings. The number of halogens is 3. The molecule has 1 rings (SSSR count). The first-order valence-electron chi connectivity index (χ1n) is 5.61. The lowest BCUT2D eigenvalue weighted by Gasteiger charge is -2.18. The summed E-state index contributed by atoms with van der Waals surface area (Å²) in [5.41, 5.74) is 6.52. The van der Waals surface area contributed by atoms with Crippen molar-refractivity contribution in [3.63, 3.8) is 0 Å². The van der Waals surface area contributed by atoms with Crippen LogP contribution in [0.3, 0.4) is 0 Å². The molecule has 0 radical (unpaired) electrons. The maximum absolute atomic E-state index is 12.6. The van der Waals surface area contributed by atoms with Gasteiger partial charge in [-0.25, -0.2) is 4.68 Å². The van der Waals surface area contributed by atoms with Crippen LogP contribution in [0.4, 0.5) is 13.2 Å². The lowest BCUT2D eigenvalue weighted by atomic mass is 10.1. The molecule has 0 aliphatic heterocycles. The molecule has 0 bridgehead atoms. The third-order valence-corrected chi connectivity index (χ3v) is 2.58. The van der Waals surface area contributed by atoms with Crippen LogP contribution in [0, 0.1) is 0 Å². The maximum atomic E-state index is 12.6. The number of nitrogens with two attached hydrogens (primary N) is 1. The van der Waals surface area contributed by atoms with Gasteiger partial charge >= 0.3 is 6.18 Å². The second kappa shape index (κ2) is 5.48. The van der Waals surface area contributed by atoms with E-state index in [0.29, 0.717) is 30.8 Å². The molecule has 1 atom stereocenters. The fourth-order valence-corrected chi connectivity index (χ4v) is 1.62. The molecular formula is C10H17F3N4. The van der Waals surface area contributed by atoms with Crippen LogP contribution in [0.5, 0.6) is 0 Å². The molecule has 0 aromatic carbocycles. The Balaban J connectivity index is 3.06. The summed E-state index contributed by atoms with van der Waals surface area (Å²) in [6.07, 6.45) is -2.58. The zero-order chi connectivity index (χ0) is 13.1. The summed E-state index contributed by atoms with van der Waals surface area (Å²) in [5, 5.41) is 7.40. The number of aromatic nitrogens is 3. The highest BCUT2D eigenvalue weighted by Crippen LogP contribution is 2.31. The molecule has 1 aromatic rings. The van der Waals surface area contributed by atoms with Crippen molar-refractivity contribution in [2.45, 2.75) is 45.3 Å². The Hall–Kier alpha value is -1.11. The molecule has 0 aliphatic rings. The van der Waals surface area contributed by atoms with Gasteiger partial charge in [-0.1, -0.05) is 18.6 Å². The van der Waals surface area contributed by atoms with Gasteiger partial charge < -0.3 is 5.73 Å². The summed E-state index contributed by atoms with van der Waals surface area (Å²) in [6.45, 7) is 3.34. The van der Waals surface area contributed by atoms with Crippen LogP contribution in [0.1, 0.15) is 37.7 Å². The highest BCUT2D eigenvalue weighted by Gasteiger charge is 2.39. The predicted octanol–water partition coefficient (Wildman–Crippen LogP) is 1.86. The third kappa shape index (κ3) is 3.18. The van der Waals surface area contributed by atoms with Crippen LogP contribution in [0.15, 0.2) is 0 Å². The molecule has 0 spiro atoms. The SMILES string of the molecule is CCCc1c(CCN)nnn1C(C)C(F)(F)F. The van der Waals surface area contributed by atoms with E-state index in [4.69, 9.17) is 5.73 Å². The van der Waals surface area contributed by atoms with Crippen LogP contribution in [-0.4, -0.2) is 27.7 Å². The standard InChI is InChI=1S/C10H17F3N4/c1-3-4-9-8(5-6-14)15-16-17(9)7(2)10(11,12)13/h7H,3-6,14H2,1-2H3. The van der Waals surface area contributed by atoms with Crippen molar-refractivity contribution in [2.75, 3.05) is 6.54 Å². The largest absolute Gasteiger partial charge is 0.410 e. The van der Waals surface area contributed by atoms with Gasteiger partial charge in [0.1, 0.15) is 6.04 Å². The van der Waals surface area contributed by atoms with Crippen molar-refractivity contribution in [3.8, 4) is 0 Å². The predicted molar refractivity (Wildman–Crippen MR) is 57.5 cm³/mol. The molecule has 0 aliphatic carbocycles. The van der Waals surface area contributed by atoms with Crippen LogP contribution >= 0.6 is 0 Å². The van der Waals surface area contributed by atoms with Gasteiger partial charge in [0, 0.05) is 6.42 Å². The van der Waals surface area contributed by atoms with Crippen molar-refractivity contribution in [3.05, 3.63) is 11.4 Å². The first-order chi connectivity index (χ1) is 7.91. The number of nitrogens with zero attached hydrogens (tertiary/aromatic N) is 3. The van der Waals surface area contributed by atoms with Crippen LogP contribution in [-0.2, 0) is 12.8 Å². The average molecular weight is 250 g/mol. The second-order valence-corrected chi connectivity index (χ2v) is 3.93. The molecule has 1 unspecified atom stereocenters. The number of hydrogen-bond acceptors (Lipinski definition) is 3. The molecule has 0 saturated heterocycles. The molecule has 0 saturated carbocycles. The normalized spacial score (nSPS) is 14.0. The Morgan fingerprint density at radius 2 is 2.00 bits per heavy atom. The highest BCUT2D eigenvalue weighted by molar-refractivity contribution is 5.12. The first-order valence-corrected chi connectivity index (χ1v) is 5.61. The van der Waals surface area contributed by atoms with Crippen molar-refractivity contribution in [1.82, 2.24) is 15.0 Å².